The number of nitrogens with zero attached hydrogens (tertiary/aromatic N) is 2. The van der Waals surface area contributed by atoms with Gasteiger partial charge in [-0.3, -0.25) is 9.59 Å². The Morgan fingerprint density at radius 2 is 1.89 bits per heavy atom. The summed E-state index contributed by atoms with van der Waals surface area (Å²) in [6.07, 6.45) is 3.49. The first kappa shape index (κ1) is 19.6. The average Bonchev–Trinajstić information content (AvgIpc) is 2.63. The van der Waals surface area contributed by atoms with Crippen LogP contribution in [-0.4, -0.2) is 32.4 Å². The number of rotatable bonds is 3. The van der Waals surface area contributed by atoms with Crippen molar-refractivity contribution in [3.05, 3.63) is 39.6 Å². The molecule has 6 nitrogen and oxygen atoms in total. The molecule has 0 spiro atoms. The Labute approximate surface area is 163 Å². The van der Waals surface area contributed by atoms with Crippen molar-refractivity contribution in [1.82, 2.24) is 0 Å². The van der Waals surface area contributed by atoms with Gasteiger partial charge in [-0.1, -0.05) is 18.0 Å². The van der Waals surface area contributed by atoms with Crippen LogP contribution in [-0.2, 0) is 14.5 Å². The number of halogens is 1. The second-order valence-corrected chi connectivity index (χ2v) is 9.62. The van der Waals surface area contributed by atoms with E-state index in [0.29, 0.717) is 17.9 Å². The van der Waals surface area contributed by atoms with Crippen LogP contribution in [0.4, 0.5) is 5.69 Å². The maximum absolute atomic E-state index is 13.0. The van der Waals surface area contributed by atoms with Crippen LogP contribution >= 0.6 is 11.6 Å². The van der Waals surface area contributed by atoms with Crippen molar-refractivity contribution < 1.29 is 18.9 Å². The van der Waals surface area contributed by atoms with Gasteiger partial charge >= 0.3 is 0 Å². The van der Waals surface area contributed by atoms with Crippen molar-refractivity contribution in [2.24, 2.45) is 4.36 Å². The Bertz CT molecular complexity index is 1000. The zero-order valence-corrected chi connectivity index (χ0v) is 16.2. The molecule has 0 bridgehead atoms. The first-order chi connectivity index (χ1) is 12.9. The zero-order chi connectivity index (χ0) is 19.6. The molecule has 0 atom stereocenters. The highest BCUT2D eigenvalue weighted by Crippen LogP contribution is 2.36. The number of ketones is 2. The van der Waals surface area contributed by atoms with E-state index in [2.05, 4.69) is 4.36 Å². The molecular weight excluding hydrogens is 388 g/mol. The second-order valence-electron chi connectivity index (χ2n) is 6.70. The molecular formula is C19H19ClN2O4S. The van der Waals surface area contributed by atoms with Gasteiger partial charge in [-0.05, 0) is 31.4 Å². The summed E-state index contributed by atoms with van der Waals surface area (Å²) < 4.78 is 17.3. The number of benzene rings is 1. The summed E-state index contributed by atoms with van der Waals surface area (Å²) in [5.74, 6) is -0.510. The maximum atomic E-state index is 13.0. The van der Waals surface area contributed by atoms with E-state index < -0.39 is 21.3 Å². The third-order valence-electron chi connectivity index (χ3n) is 4.78. The van der Waals surface area contributed by atoms with Crippen LogP contribution in [0.5, 0.6) is 0 Å². The highest BCUT2D eigenvalue weighted by Gasteiger charge is 2.30. The monoisotopic (exact) mass is 406 g/mol. The average molecular weight is 407 g/mol. The lowest BCUT2D eigenvalue weighted by Crippen LogP contribution is -2.20. The molecule has 0 saturated carbocycles. The van der Waals surface area contributed by atoms with Gasteiger partial charge in [-0.25, -0.2) is 4.21 Å². The molecule has 1 N–H and O–H groups in total. The molecule has 1 aromatic carbocycles. The molecule has 1 saturated heterocycles. The fourth-order valence-corrected chi connectivity index (χ4v) is 5.89. The molecule has 8 heteroatoms. The van der Waals surface area contributed by atoms with Crippen LogP contribution in [0, 0.1) is 11.3 Å². The summed E-state index contributed by atoms with van der Waals surface area (Å²) in [6.45, 7) is 0. The molecule has 0 aromatic heterocycles. The van der Waals surface area contributed by atoms with Gasteiger partial charge in [0.25, 0.3) is 0 Å². The lowest BCUT2D eigenvalue weighted by atomic mass is 9.90. The summed E-state index contributed by atoms with van der Waals surface area (Å²) >= 11 is 6.38. The van der Waals surface area contributed by atoms with Gasteiger partial charge in [0.2, 0.25) is 5.78 Å². The molecule has 0 amide bonds. The van der Waals surface area contributed by atoms with E-state index >= 15 is 0 Å². The summed E-state index contributed by atoms with van der Waals surface area (Å²) in [7, 11) is -2.54. The van der Waals surface area contributed by atoms with Crippen LogP contribution in [0.25, 0.3) is 0 Å². The standard InChI is InChI=1S/C19H19ClN2O4S/c20-17-13(19(25)16-14(23)5-4-6-15(16)24)8-7-12(11-21)18(17)22-27(26)9-2-1-3-10-27/h7-8,23H,1-6,9-10H2. The summed E-state index contributed by atoms with van der Waals surface area (Å²) in [5.41, 5.74) is -0.135. The summed E-state index contributed by atoms with van der Waals surface area (Å²) in [4.78, 5) is 24.9. The molecule has 142 valence electrons. The van der Waals surface area contributed by atoms with Crippen molar-refractivity contribution in [2.75, 3.05) is 11.5 Å². The number of hydrogen-bond donors (Lipinski definition) is 1. The van der Waals surface area contributed by atoms with Gasteiger partial charge in [0.15, 0.2) is 5.78 Å². The van der Waals surface area contributed by atoms with Crippen molar-refractivity contribution in [3.8, 4) is 6.07 Å². The minimum Gasteiger partial charge on any atom is -0.511 e. The van der Waals surface area contributed by atoms with E-state index in [1.165, 1.54) is 12.1 Å². The molecule has 1 aliphatic heterocycles. The highest BCUT2D eigenvalue weighted by atomic mass is 35.5. The van der Waals surface area contributed by atoms with Crippen LogP contribution in [0.2, 0.25) is 5.02 Å². The SMILES string of the molecule is N#Cc1ccc(C(=O)C2=C(O)CCCC2=O)c(Cl)c1N=S1(=O)CCCCC1. The molecule has 1 aromatic rings. The van der Waals surface area contributed by atoms with Crippen LogP contribution < -0.4 is 0 Å². The van der Waals surface area contributed by atoms with E-state index in [1.54, 1.807) is 0 Å². The Morgan fingerprint density at radius 3 is 2.52 bits per heavy atom. The van der Waals surface area contributed by atoms with E-state index in [0.717, 1.165) is 19.3 Å². The predicted molar refractivity (Wildman–Crippen MR) is 103 cm³/mol. The number of carbonyl (C=O) groups is 2. The summed E-state index contributed by atoms with van der Waals surface area (Å²) in [6, 6.07) is 4.69. The first-order valence-corrected chi connectivity index (χ1v) is 11.0. The number of hydrogen-bond acceptors (Lipinski definition) is 6. The Kier molecular flexibility index (Phi) is 5.68. The van der Waals surface area contributed by atoms with Crippen molar-refractivity contribution in [2.45, 2.75) is 38.5 Å². The Morgan fingerprint density at radius 1 is 1.19 bits per heavy atom. The van der Waals surface area contributed by atoms with Gasteiger partial charge in [0.1, 0.15) is 23.1 Å². The number of allylic oxidation sites excluding steroid dienone is 2. The topological polar surface area (TPSA) is 108 Å². The normalized spacial score (nSPS) is 19.5. The molecule has 1 fully saturated rings. The largest absolute Gasteiger partial charge is 0.511 e. The number of Topliss-reactive ketones (excluding diaryl/α,β-unsaturated/α-hetero) is 2. The van der Waals surface area contributed by atoms with Crippen molar-refractivity contribution in [1.29, 1.82) is 5.26 Å². The molecule has 1 heterocycles. The first-order valence-electron chi connectivity index (χ1n) is 8.81. The van der Waals surface area contributed by atoms with Crippen molar-refractivity contribution in [3.63, 3.8) is 0 Å². The second kappa shape index (κ2) is 7.83. The fourth-order valence-electron chi connectivity index (χ4n) is 3.33. The lowest BCUT2D eigenvalue weighted by molar-refractivity contribution is -0.116. The lowest BCUT2D eigenvalue weighted by Gasteiger charge is -2.17. The zero-order valence-electron chi connectivity index (χ0n) is 14.7. The fraction of sp³-hybridized carbons (Fsp3) is 0.421. The third-order valence-corrected chi connectivity index (χ3v) is 7.53. The van der Waals surface area contributed by atoms with Gasteiger partial charge < -0.3 is 5.11 Å². The number of carbonyl (C=O) groups excluding carboxylic acids is 2. The van der Waals surface area contributed by atoms with Crippen LogP contribution in [0.3, 0.4) is 0 Å². The van der Waals surface area contributed by atoms with Crippen LogP contribution in [0.1, 0.15) is 54.4 Å². The summed E-state index contributed by atoms with van der Waals surface area (Å²) in [5, 5.41) is 19.3. The Hall–Kier alpha value is -2.17. The number of aliphatic hydroxyl groups is 1. The van der Waals surface area contributed by atoms with E-state index in [1.807, 2.05) is 6.07 Å². The van der Waals surface area contributed by atoms with Crippen molar-refractivity contribution >= 4 is 38.6 Å². The van der Waals surface area contributed by atoms with Gasteiger partial charge in [0.05, 0.1) is 20.3 Å². The number of nitriles is 1. The van der Waals surface area contributed by atoms with E-state index in [4.69, 9.17) is 11.6 Å². The molecule has 3 rings (SSSR count). The third kappa shape index (κ3) is 3.92. The predicted octanol–water partition coefficient (Wildman–Crippen LogP) is 4.24. The van der Waals surface area contributed by atoms with Gasteiger partial charge in [-0.2, -0.15) is 9.62 Å². The molecule has 0 unspecified atom stereocenters. The van der Waals surface area contributed by atoms with Gasteiger partial charge in [-0.15, -0.1) is 0 Å². The highest BCUT2D eigenvalue weighted by molar-refractivity contribution is 7.93. The maximum Gasteiger partial charge on any atom is 0.201 e. The smallest absolute Gasteiger partial charge is 0.201 e. The van der Waals surface area contributed by atoms with Crippen LogP contribution in [0.15, 0.2) is 27.8 Å². The van der Waals surface area contributed by atoms with E-state index in [9.17, 15) is 24.2 Å². The molecule has 1 aliphatic carbocycles. The minimum atomic E-state index is -2.54. The molecule has 2 aliphatic rings. The minimum absolute atomic E-state index is 0.0231. The van der Waals surface area contributed by atoms with E-state index in [-0.39, 0.29) is 46.0 Å². The molecule has 0 radical (unpaired) electrons. The van der Waals surface area contributed by atoms with Gasteiger partial charge in [0, 0.05) is 29.9 Å². The Balaban J connectivity index is 2.13. The number of aliphatic hydroxyl groups excluding tert-OH is 1. The quantitative estimate of drug-likeness (QED) is 0.596. The molecule has 27 heavy (non-hydrogen) atoms.